The van der Waals surface area contributed by atoms with Crippen LogP contribution in [0.25, 0.3) is 0 Å². The maximum Gasteiger partial charge on any atom is 0.299 e. The zero-order valence-electron chi connectivity index (χ0n) is 8.86. The molecule has 5 nitrogen and oxygen atoms in total. The minimum atomic E-state index is -3.62. The highest BCUT2D eigenvalue weighted by molar-refractivity contribution is 7.90. The molecule has 0 atom stereocenters. The van der Waals surface area contributed by atoms with Gasteiger partial charge in [0.05, 0.1) is 10.7 Å². The van der Waals surface area contributed by atoms with Gasteiger partial charge >= 0.3 is 0 Å². The van der Waals surface area contributed by atoms with Gasteiger partial charge in [0, 0.05) is 12.1 Å². The summed E-state index contributed by atoms with van der Waals surface area (Å²) >= 11 is 5.59. The Labute approximate surface area is 99.6 Å². The molecule has 0 fully saturated rings. The Kier molecular flexibility index (Phi) is 4.01. The molecular weight excluding hydrogens is 252 g/mol. The second-order valence-corrected chi connectivity index (χ2v) is 5.40. The predicted octanol–water partition coefficient (Wildman–Crippen LogP) is 1.70. The van der Waals surface area contributed by atoms with Crippen molar-refractivity contribution in [1.82, 2.24) is 4.72 Å². The van der Waals surface area contributed by atoms with E-state index < -0.39 is 10.2 Å². The Morgan fingerprint density at radius 3 is 2.50 bits per heavy atom. The molecule has 0 spiro atoms. The van der Waals surface area contributed by atoms with Crippen molar-refractivity contribution in [2.45, 2.75) is 19.9 Å². The van der Waals surface area contributed by atoms with Gasteiger partial charge in [0.1, 0.15) is 5.75 Å². The lowest BCUT2D eigenvalue weighted by molar-refractivity contribution is 0.476. The van der Waals surface area contributed by atoms with Gasteiger partial charge in [0.2, 0.25) is 0 Å². The van der Waals surface area contributed by atoms with E-state index in [2.05, 4.69) is 9.44 Å². The number of anilines is 1. The topological polar surface area (TPSA) is 78.4 Å². The first-order valence-electron chi connectivity index (χ1n) is 4.59. The van der Waals surface area contributed by atoms with Gasteiger partial charge in [0.25, 0.3) is 10.2 Å². The zero-order chi connectivity index (χ0) is 12.3. The van der Waals surface area contributed by atoms with E-state index in [1.54, 1.807) is 13.8 Å². The highest BCUT2D eigenvalue weighted by Gasteiger charge is 2.11. The van der Waals surface area contributed by atoms with Crippen molar-refractivity contribution in [1.29, 1.82) is 0 Å². The van der Waals surface area contributed by atoms with E-state index in [0.717, 1.165) is 0 Å². The monoisotopic (exact) mass is 264 g/mol. The van der Waals surface area contributed by atoms with Crippen LogP contribution < -0.4 is 9.44 Å². The Hall–Kier alpha value is -0.980. The molecule has 16 heavy (non-hydrogen) atoms. The van der Waals surface area contributed by atoms with Gasteiger partial charge < -0.3 is 5.11 Å². The third-order valence-electron chi connectivity index (χ3n) is 1.59. The number of hydrogen-bond donors (Lipinski definition) is 3. The van der Waals surface area contributed by atoms with Crippen LogP contribution in [0.5, 0.6) is 5.75 Å². The SMILES string of the molecule is CC(C)NS(=O)(=O)Nc1ccc(Cl)c(O)c1. The minimum absolute atomic E-state index is 0.166. The third-order valence-corrected chi connectivity index (χ3v) is 3.19. The summed E-state index contributed by atoms with van der Waals surface area (Å²) < 4.78 is 27.5. The standard InChI is InChI=1S/C9H13ClN2O3S/c1-6(2)11-16(14,15)12-7-3-4-8(10)9(13)5-7/h3-6,11-13H,1-2H3. The Morgan fingerprint density at radius 1 is 1.38 bits per heavy atom. The van der Waals surface area contributed by atoms with Crippen molar-refractivity contribution in [3.63, 3.8) is 0 Å². The van der Waals surface area contributed by atoms with Crippen molar-refractivity contribution in [2.75, 3.05) is 4.72 Å². The molecule has 0 bridgehead atoms. The summed E-state index contributed by atoms with van der Waals surface area (Å²) in [4.78, 5) is 0. The summed E-state index contributed by atoms with van der Waals surface area (Å²) in [5.74, 6) is -0.175. The van der Waals surface area contributed by atoms with Crippen LogP contribution in [0.15, 0.2) is 18.2 Å². The van der Waals surface area contributed by atoms with E-state index in [-0.39, 0.29) is 22.5 Å². The summed E-state index contributed by atoms with van der Waals surface area (Å²) in [7, 11) is -3.62. The number of aromatic hydroxyl groups is 1. The van der Waals surface area contributed by atoms with Crippen LogP contribution >= 0.6 is 11.6 Å². The lowest BCUT2D eigenvalue weighted by Crippen LogP contribution is -2.35. The molecule has 0 heterocycles. The molecule has 0 amide bonds. The van der Waals surface area contributed by atoms with Gasteiger partial charge in [-0.1, -0.05) is 11.6 Å². The smallest absolute Gasteiger partial charge is 0.299 e. The lowest BCUT2D eigenvalue weighted by Gasteiger charge is -2.11. The lowest BCUT2D eigenvalue weighted by atomic mass is 10.3. The van der Waals surface area contributed by atoms with Gasteiger partial charge in [-0.3, -0.25) is 4.72 Å². The fourth-order valence-corrected chi connectivity index (χ4v) is 2.31. The number of benzene rings is 1. The molecule has 0 radical (unpaired) electrons. The quantitative estimate of drug-likeness (QED) is 0.775. The van der Waals surface area contributed by atoms with Gasteiger partial charge in [0.15, 0.2) is 0 Å². The number of halogens is 1. The van der Waals surface area contributed by atoms with Gasteiger partial charge in [-0.15, -0.1) is 0 Å². The maximum atomic E-state index is 11.5. The maximum absolute atomic E-state index is 11.5. The van der Waals surface area contributed by atoms with Crippen molar-refractivity contribution in [2.24, 2.45) is 0 Å². The summed E-state index contributed by atoms with van der Waals surface area (Å²) in [5.41, 5.74) is 0.245. The van der Waals surface area contributed by atoms with E-state index in [0.29, 0.717) is 0 Å². The average Bonchev–Trinajstić information content (AvgIpc) is 2.08. The normalized spacial score (nSPS) is 11.8. The number of rotatable bonds is 4. The highest BCUT2D eigenvalue weighted by atomic mass is 35.5. The van der Waals surface area contributed by atoms with Crippen LogP contribution in [0.4, 0.5) is 5.69 Å². The van der Waals surface area contributed by atoms with E-state index in [9.17, 15) is 13.5 Å². The molecule has 0 aliphatic rings. The molecule has 0 aliphatic carbocycles. The van der Waals surface area contributed by atoms with E-state index in [1.807, 2.05) is 0 Å². The fraction of sp³-hybridized carbons (Fsp3) is 0.333. The number of nitrogens with one attached hydrogen (secondary N) is 2. The van der Waals surface area contributed by atoms with Gasteiger partial charge in [-0.2, -0.15) is 13.1 Å². The molecule has 3 N–H and O–H groups in total. The molecule has 90 valence electrons. The average molecular weight is 265 g/mol. The first-order valence-corrected chi connectivity index (χ1v) is 6.45. The van der Waals surface area contributed by atoms with E-state index >= 15 is 0 Å². The Bertz CT molecular complexity index is 474. The molecule has 0 saturated carbocycles. The molecule has 0 aromatic heterocycles. The fourth-order valence-electron chi connectivity index (χ4n) is 1.07. The van der Waals surface area contributed by atoms with E-state index in [1.165, 1.54) is 18.2 Å². The molecule has 7 heteroatoms. The van der Waals surface area contributed by atoms with Crippen LogP contribution in [0.3, 0.4) is 0 Å². The Morgan fingerprint density at radius 2 is 2.00 bits per heavy atom. The largest absolute Gasteiger partial charge is 0.506 e. The number of phenolic OH excluding ortho intramolecular Hbond substituents is 1. The van der Waals surface area contributed by atoms with Crippen molar-refractivity contribution in [3.05, 3.63) is 23.2 Å². The summed E-state index contributed by atoms with van der Waals surface area (Å²) in [6.45, 7) is 3.41. The second-order valence-electron chi connectivity index (χ2n) is 3.54. The predicted molar refractivity (Wildman–Crippen MR) is 63.9 cm³/mol. The zero-order valence-corrected chi connectivity index (χ0v) is 10.4. The number of hydrogen-bond acceptors (Lipinski definition) is 3. The molecule has 0 saturated heterocycles. The van der Waals surface area contributed by atoms with Crippen LogP contribution in [0, 0.1) is 0 Å². The molecule has 1 aromatic carbocycles. The summed E-state index contributed by atoms with van der Waals surface area (Å²) in [5, 5.41) is 9.46. The van der Waals surface area contributed by atoms with Crippen LogP contribution in [-0.2, 0) is 10.2 Å². The second kappa shape index (κ2) is 4.90. The van der Waals surface area contributed by atoms with Crippen molar-refractivity contribution >= 4 is 27.5 Å². The summed E-state index contributed by atoms with van der Waals surface area (Å²) in [6.07, 6.45) is 0. The van der Waals surface area contributed by atoms with Gasteiger partial charge in [-0.25, -0.2) is 0 Å². The van der Waals surface area contributed by atoms with Crippen LogP contribution in [-0.4, -0.2) is 19.6 Å². The molecule has 0 aliphatic heterocycles. The van der Waals surface area contributed by atoms with E-state index in [4.69, 9.17) is 11.6 Å². The molecule has 0 unspecified atom stereocenters. The highest BCUT2D eigenvalue weighted by Crippen LogP contribution is 2.26. The Balaban J connectivity index is 2.84. The van der Waals surface area contributed by atoms with Crippen molar-refractivity contribution in [3.8, 4) is 5.75 Å². The van der Waals surface area contributed by atoms with Crippen LogP contribution in [0.2, 0.25) is 5.02 Å². The first kappa shape index (κ1) is 13.1. The molecular formula is C9H13ClN2O3S. The molecule has 1 aromatic rings. The minimum Gasteiger partial charge on any atom is -0.506 e. The first-order chi connectivity index (χ1) is 7.30. The third kappa shape index (κ3) is 3.88. The van der Waals surface area contributed by atoms with Crippen molar-refractivity contribution < 1.29 is 13.5 Å². The number of phenols is 1. The van der Waals surface area contributed by atoms with Gasteiger partial charge in [-0.05, 0) is 26.0 Å². The molecule has 1 rings (SSSR count). The van der Waals surface area contributed by atoms with Crippen LogP contribution in [0.1, 0.15) is 13.8 Å². The summed E-state index contributed by atoms with van der Waals surface area (Å²) in [6, 6.07) is 3.89.